The van der Waals surface area contributed by atoms with Gasteiger partial charge in [0.05, 0.1) is 11.6 Å². The van der Waals surface area contributed by atoms with Crippen molar-refractivity contribution in [3.8, 4) is 11.8 Å². The second-order valence-corrected chi connectivity index (χ2v) is 6.10. The average molecular weight is 380 g/mol. The lowest BCUT2D eigenvalue weighted by atomic mass is 10.1. The van der Waals surface area contributed by atoms with E-state index in [0.717, 1.165) is 0 Å². The van der Waals surface area contributed by atoms with Crippen molar-refractivity contribution in [1.29, 1.82) is 5.26 Å². The Labute approximate surface area is 162 Å². The molecule has 0 aromatic heterocycles. The van der Waals surface area contributed by atoms with Crippen molar-refractivity contribution in [2.45, 2.75) is 33.0 Å². The van der Waals surface area contributed by atoms with Gasteiger partial charge >= 0.3 is 5.97 Å². The Hall–Kier alpha value is -3.66. The molecule has 0 saturated carbocycles. The predicted molar refractivity (Wildman–Crippen MR) is 102 cm³/mol. The third kappa shape index (κ3) is 5.68. The van der Waals surface area contributed by atoms with Crippen molar-refractivity contribution in [2.24, 2.45) is 0 Å². The van der Waals surface area contributed by atoms with Crippen LogP contribution in [-0.2, 0) is 14.3 Å². The van der Waals surface area contributed by atoms with Gasteiger partial charge in [0.15, 0.2) is 18.0 Å². The molecule has 0 heterocycles. The van der Waals surface area contributed by atoms with E-state index in [1.165, 1.54) is 20.8 Å². The Bertz CT molecular complexity index is 915. The maximum absolute atomic E-state index is 12.2. The van der Waals surface area contributed by atoms with Crippen molar-refractivity contribution >= 4 is 23.3 Å². The minimum Gasteiger partial charge on any atom is -0.479 e. The minimum atomic E-state index is -1.06. The molecular formula is C21H20N2O5. The van der Waals surface area contributed by atoms with Crippen LogP contribution in [0, 0.1) is 11.3 Å². The van der Waals surface area contributed by atoms with Gasteiger partial charge in [0, 0.05) is 11.3 Å². The summed E-state index contributed by atoms with van der Waals surface area (Å²) in [7, 11) is 0. The highest BCUT2D eigenvalue weighted by molar-refractivity contribution is 5.98. The lowest BCUT2D eigenvalue weighted by Gasteiger charge is -2.18. The Morgan fingerprint density at radius 3 is 2.32 bits per heavy atom. The van der Waals surface area contributed by atoms with Gasteiger partial charge in [0.1, 0.15) is 5.75 Å². The average Bonchev–Trinajstić information content (AvgIpc) is 2.68. The van der Waals surface area contributed by atoms with Crippen LogP contribution in [0.5, 0.6) is 5.75 Å². The number of Topliss-reactive ketones (excluding diaryl/α,β-unsaturated/α-hetero) is 1. The molecule has 144 valence electrons. The Morgan fingerprint density at radius 2 is 1.71 bits per heavy atom. The molecule has 2 atom stereocenters. The lowest BCUT2D eigenvalue weighted by Crippen LogP contribution is -2.35. The van der Waals surface area contributed by atoms with Crippen molar-refractivity contribution in [3.05, 3.63) is 59.7 Å². The Kier molecular flexibility index (Phi) is 6.88. The van der Waals surface area contributed by atoms with E-state index in [2.05, 4.69) is 5.32 Å². The number of esters is 1. The number of rotatable bonds is 7. The normalized spacial score (nSPS) is 12.2. The number of carbonyl (C=O) groups excluding carboxylic acids is 3. The summed E-state index contributed by atoms with van der Waals surface area (Å²) in [6, 6.07) is 14.7. The van der Waals surface area contributed by atoms with Crippen molar-refractivity contribution in [1.82, 2.24) is 0 Å². The molecule has 0 aliphatic carbocycles. The molecule has 0 saturated heterocycles. The van der Waals surface area contributed by atoms with Crippen LogP contribution >= 0.6 is 0 Å². The van der Waals surface area contributed by atoms with Crippen LogP contribution in [-0.4, -0.2) is 29.9 Å². The van der Waals surface area contributed by atoms with Crippen LogP contribution in [0.1, 0.15) is 36.7 Å². The van der Waals surface area contributed by atoms with E-state index in [-0.39, 0.29) is 5.78 Å². The van der Waals surface area contributed by atoms with Crippen molar-refractivity contribution in [3.63, 3.8) is 0 Å². The lowest BCUT2D eigenvalue weighted by molar-refractivity contribution is -0.159. The number of hydrogen-bond donors (Lipinski definition) is 1. The van der Waals surface area contributed by atoms with Crippen LogP contribution in [0.4, 0.5) is 5.69 Å². The number of carbonyl (C=O) groups is 3. The molecule has 0 radical (unpaired) electrons. The molecular weight excluding hydrogens is 360 g/mol. The summed E-state index contributed by atoms with van der Waals surface area (Å²) < 4.78 is 10.6. The number of nitrogens with one attached hydrogen (secondary N) is 1. The fourth-order valence-corrected chi connectivity index (χ4v) is 2.24. The second-order valence-electron chi connectivity index (χ2n) is 6.10. The van der Waals surface area contributed by atoms with Crippen molar-refractivity contribution in [2.75, 3.05) is 5.32 Å². The summed E-state index contributed by atoms with van der Waals surface area (Å²) in [5, 5.41) is 11.4. The number of nitriles is 1. The number of benzene rings is 2. The summed E-state index contributed by atoms with van der Waals surface area (Å²) in [5.74, 6) is -0.949. The maximum Gasteiger partial charge on any atom is 0.347 e. The summed E-state index contributed by atoms with van der Waals surface area (Å²) in [6.45, 7) is 4.37. The smallest absolute Gasteiger partial charge is 0.347 e. The van der Waals surface area contributed by atoms with Crippen LogP contribution in [0.15, 0.2) is 48.5 Å². The van der Waals surface area contributed by atoms with Gasteiger partial charge in [-0.2, -0.15) is 5.26 Å². The van der Waals surface area contributed by atoms with Gasteiger partial charge in [-0.15, -0.1) is 0 Å². The number of anilines is 1. The van der Waals surface area contributed by atoms with Gasteiger partial charge in [0.25, 0.3) is 5.91 Å². The number of nitrogens with zero attached hydrogens (tertiary/aromatic N) is 1. The number of ketones is 1. The summed E-state index contributed by atoms with van der Waals surface area (Å²) in [5.41, 5.74) is 1.37. The zero-order valence-corrected chi connectivity index (χ0v) is 15.8. The first-order valence-corrected chi connectivity index (χ1v) is 8.59. The Balaban J connectivity index is 1.91. The third-order valence-corrected chi connectivity index (χ3v) is 3.83. The molecule has 28 heavy (non-hydrogen) atoms. The van der Waals surface area contributed by atoms with Gasteiger partial charge in [0.2, 0.25) is 0 Å². The molecule has 1 N–H and O–H groups in total. The molecule has 0 aliphatic rings. The largest absolute Gasteiger partial charge is 0.479 e. The highest BCUT2D eigenvalue weighted by Crippen LogP contribution is 2.15. The highest BCUT2D eigenvalue weighted by Gasteiger charge is 2.23. The first-order chi connectivity index (χ1) is 13.3. The number of ether oxygens (including phenoxy) is 2. The Morgan fingerprint density at radius 1 is 1.04 bits per heavy atom. The first kappa shape index (κ1) is 20.6. The number of amides is 1. The topological polar surface area (TPSA) is 105 Å². The molecule has 2 aromatic rings. The molecule has 7 nitrogen and oxygen atoms in total. The number of hydrogen-bond acceptors (Lipinski definition) is 6. The standard InChI is InChI=1S/C21H20N2O5/c1-13(24)17-5-4-6-18(11-17)23-20(25)14(2)28-21(26)15(3)27-19-9-7-16(12-22)8-10-19/h4-11,14-15H,1-3H3,(H,23,25)/t14-,15-/m0/s1. The van der Waals surface area contributed by atoms with Crippen molar-refractivity contribution < 1.29 is 23.9 Å². The molecule has 0 aliphatic heterocycles. The van der Waals surface area contributed by atoms with E-state index in [9.17, 15) is 14.4 Å². The van der Waals surface area contributed by atoms with E-state index in [1.54, 1.807) is 48.5 Å². The maximum atomic E-state index is 12.2. The molecule has 2 rings (SSSR count). The van der Waals surface area contributed by atoms with Gasteiger partial charge in [-0.3, -0.25) is 9.59 Å². The van der Waals surface area contributed by atoms with Gasteiger partial charge in [-0.25, -0.2) is 4.79 Å². The zero-order valence-electron chi connectivity index (χ0n) is 15.8. The monoisotopic (exact) mass is 380 g/mol. The van der Waals surface area contributed by atoms with E-state index in [4.69, 9.17) is 14.7 Å². The van der Waals surface area contributed by atoms with Gasteiger partial charge < -0.3 is 14.8 Å². The van der Waals surface area contributed by atoms with Crippen LogP contribution in [0.3, 0.4) is 0 Å². The molecule has 0 unspecified atom stereocenters. The third-order valence-electron chi connectivity index (χ3n) is 3.83. The van der Waals surface area contributed by atoms with Crippen LogP contribution in [0.2, 0.25) is 0 Å². The fourth-order valence-electron chi connectivity index (χ4n) is 2.24. The quantitative estimate of drug-likeness (QED) is 0.584. The molecule has 7 heteroatoms. The molecule has 1 amide bonds. The molecule has 0 fully saturated rings. The zero-order chi connectivity index (χ0) is 20.7. The summed E-state index contributed by atoms with van der Waals surface area (Å²) in [6.07, 6.45) is -2.00. The van der Waals surface area contributed by atoms with E-state index < -0.39 is 24.1 Å². The molecule has 0 bridgehead atoms. The SMILES string of the molecule is CC(=O)c1cccc(NC(=O)[C@H](C)OC(=O)[C@H](C)Oc2ccc(C#N)cc2)c1. The van der Waals surface area contributed by atoms with Crippen LogP contribution < -0.4 is 10.1 Å². The molecule has 0 spiro atoms. The second kappa shape index (κ2) is 9.33. The predicted octanol–water partition coefficient (Wildman–Crippen LogP) is 3.10. The van der Waals surface area contributed by atoms with E-state index >= 15 is 0 Å². The first-order valence-electron chi connectivity index (χ1n) is 8.59. The van der Waals surface area contributed by atoms with E-state index in [1.807, 2.05) is 6.07 Å². The van der Waals surface area contributed by atoms with E-state index in [0.29, 0.717) is 22.6 Å². The van der Waals surface area contributed by atoms with Gasteiger partial charge in [-0.05, 0) is 57.2 Å². The minimum absolute atomic E-state index is 0.121. The van der Waals surface area contributed by atoms with Crippen LogP contribution in [0.25, 0.3) is 0 Å². The van der Waals surface area contributed by atoms with Gasteiger partial charge in [-0.1, -0.05) is 12.1 Å². The fraction of sp³-hybridized carbons (Fsp3) is 0.238. The highest BCUT2D eigenvalue weighted by atomic mass is 16.6. The molecule has 2 aromatic carbocycles. The summed E-state index contributed by atoms with van der Waals surface area (Å²) in [4.78, 5) is 35.8. The summed E-state index contributed by atoms with van der Waals surface area (Å²) >= 11 is 0.